The van der Waals surface area contributed by atoms with Gasteiger partial charge in [0.1, 0.15) is 0 Å². The molecule has 0 aliphatic carbocycles. The van der Waals surface area contributed by atoms with Crippen LogP contribution in [-0.4, -0.2) is 64.9 Å². The van der Waals surface area contributed by atoms with Crippen LogP contribution >= 0.6 is 23.1 Å². The Labute approximate surface area is 108 Å². The average molecular weight is 273 g/mol. The van der Waals surface area contributed by atoms with Crippen LogP contribution in [0.2, 0.25) is 0 Å². The third-order valence-electron chi connectivity index (χ3n) is 2.60. The maximum absolute atomic E-state index is 11.9. The van der Waals surface area contributed by atoms with Crippen molar-refractivity contribution in [2.24, 2.45) is 0 Å². The molecule has 6 nitrogen and oxygen atoms in total. The van der Waals surface area contributed by atoms with Crippen molar-refractivity contribution < 1.29 is 4.79 Å². The SMILES string of the molecule is CN1CCN(C(=O)CSc2nnc(N)s2)CC1. The van der Waals surface area contributed by atoms with Crippen LogP contribution in [0.4, 0.5) is 5.13 Å². The molecular weight excluding hydrogens is 258 g/mol. The van der Waals surface area contributed by atoms with Crippen LogP contribution < -0.4 is 5.73 Å². The number of hydrogen-bond acceptors (Lipinski definition) is 7. The highest BCUT2D eigenvalue weighted by Crippen LogP contribution is 2.23. The summed E-state index contributed by atoms with van der Waals surface area (Å²) < 4.78 is 0.755. The molecule has 0 aromatic carbocycles. The zero-order valence-electron chi connectivity index (χ0n) is 9.63. The molecule has 1 saturated heterocycles. The van der Waals surface area contributed by atoms with E-state index >= 15 is 0 Å². The molecule has 0 saturated carbocycles. The molecule has 1 fully saturated rings. The summed E-state index contributed by atoms with van der Waals surface area (Å²) in [5, 5.41) is 8.03. The minimum atomic E-state index is 0.164. The first-order valence-corrected chi connectivity index (χ1v) is 7.13. The van der Waals surface area contributed by atoms with E-state index in [9.17, 15) is 4.79 Å². The summed E-state index contributed by atoms with van der Waals surface area (Å²) in [5.74, 6) is 0.579. The van der Waals surface area contributed by atoms with Crippen molar-refractivity contribution in [3.8, 4) is 0 Å². The van der Waals surface area contributed by atoms with Crippen molar-refractivity contribution >= 4 is 34.1 Å². The second kappa shape index (κ2) is 5.65. The summed E-state index contributed by atoms with van der Waals surface area (Å²) in [4.78, 5) is 16.0. The van der Waals surface area contributed by atoms with E-state index < -0.39 is 0 Å². The molecule has 1 aliphatic rings. The van der Waals surface area contributed by atoms with Gasteiger partial charge in [0.15, 0.2) is 4.34 Å². The van der Waals surface area contributed by atoms with Crippen molar-refractivity contribution in [1.82, 2.24) is 20.0 Å². The van der Waals surface area contributed by atoms with Crippen LogP contribution in [-0.2, 0) is 4.79 Å². The molecule has 17 heavy (non-hydrogen) atoms. The lowest BCUT2D eigenvalue weighted by Crippen LogP contribution is -2.47. The Kier molecular flexibility index (Phi) is 4.19. The highest BCUT2D eigenvalue weighted by Gasteiger charge is 2.19. The smallest absolute Gasteiger partial charge is 0.233 e. The number of nitrogens with two attached hydrogens (primary N) is 1. The van der Waals surface area contributed by atoms with Crippen molar-refractivity contribution in [2.45, 2.75) is 4.34 Å². The molecule has 8 heteroatoms. The highest BCUT2D eigenvalue weighted by molar-refractivity contribution is 8.01. The molecule has 2 N–H and O–H groups in total. The first-order valence-electron chi connectivity index (χ1n) is 5.33. The molecule has 0 unspecified atom stereocenters. The molecule has 2 rings (SSSR count). The number of likely N-dealkylation sites (N-methyl/N-ethyl adjacent to an activating group) is 1. The first kappa shape index (κ1) is 12.6. The number of carbonyl (C=O) groups is 1. The van der Waals surface area contributed by atoms with E-state index in [1.54, 1.807) is 0 Å². The molecule has 1 aromatic rings. The zero-order chi connectivity index (χ0) is 12.3. The van der Waals surface area contributed by atoms with Crippen LogP contribution in [0, 0.1) is 0 Å². The number of anilines is 1. The van der Waals surface area contributed by atoms with Gasteiger partial charge < -0.3 is 15.5 Å². The van der Waals surface area contributed by atoms with Gasteiger partial charge in [-0.05, 0) is 7.05 Å². The minimum Gasteiger partial charge on any atom is -0.374 e. The number of nitrogen functional groups attached to an aromatic ring is 1. The predicted molar refractivity (Wildman–Crippen MR) is 69.1 cm³/mol. The number of thioether (sulfide) groups is 1. The number of carbonyl (C=O) groups excluding carboxylic acids is 1. The Hall–Kier alpha value is -0.860. The van der Waals surface area contributed by atoms with Gasteiger partial charge in [0, 0.05) is 26.2 Å². The second-order valence-electron chi connectivity index (χ2n) is 3.88. The standard InChI is InChI=1S/C9H15N5OS2/c1-13-2-4-14(5-3-13)7(15)6-16-9-12-11-8(10)17-9/h2-6H2,1H3,(H2,10,11). The quantitative estimate of drug-likeness (QED) is 0.781. The third-order valence-corrected chi connectivity index (χ3v) is 4.47. The largest absolute Gasteiger partial charge is 0.374 e. The summed E-state index contributed by atoms with van der Waals surface area (Å²) in [5.41, 5.74) is 5.47. The summed E-state index contributed by atoms with van der Waals surface area (Å²) in [6.07, 6.45) is 0. The summed E-state index contributed by atoms with van der Waals surface area (Å²) in [6.45, 7) is 3.52. The Bertz CT molecular complexity index is 388. The lowest BCUT2D eigenvalue weighted by molar-refractivity contribution is -0.129. The van der Waals surface area contributed by atoms with Gasteiger partial charge in [-0.3, -0.25) is 4.79 Å². The van der Waals surface area contributed by atoms with E-state index in [1.165, 1.54) is 23.1 Å². The number of hydrogen-bond donors (Lipinski definition) is 1. The van der Waals surface area contributed by atoms with E-state index in [-0.39, 0.29) is 5.91 Å². The van der Waals surface area contributed by atoms with Gasteiger partial charge in [-0.25, -0.2) is 0 Å². The Morgan fingerprint density at radius 1 is 1.41 bits per heavy atom. The van der Waals surface area contributed by atoms with Crippen LogP contribution in [0.15, 0.2) is 4.34 Å². The minimum absolute atomic E-state index is 0.164. The van der Waals surface area contributed by atoms with Gasteiger partial charge >= 0.3 is 0 Å². The van der Waals surface area contributed by atoms with Gasteiger partial charge in [0.25, 0.3) is 0 Å². The molecule has 0 bridgehead atoms. The molecule has 2 heterocycles. The van der Waals surface area contributed by atoms with Crippen molar-refractivity contribution in [3.05, 3.63) is 0 Å². The monoisotopic (exact) mass is 273 g/mol. The van der Waals surface area contributed by atoms with Crippen molar-refractivity contribution in [3.63, 3.8) is 0 Å². The molecular formula is C9H15N5OS2. The average Bonchev–Trinajstić information content (AvgIpc) is 2.73. The Morgan fingerprint density at radius 3 is 2.71 bits per heavy atom. The Morgan fingerprint density at radius 2 is 2.12 bits per heavy atom. The fourth-order valence-electron chi connectivity index (χ4n) is 1.55. The number of aromatic nitrogens is 2. The van der Waals surface area contributed by atoms with Crippen LogP contribution in [0.25, 0.3) is 0 Å². The summed E-state index contributed by atoms with van der Waals surface area (Å²) in [6, 6.07) is 0. The maximum Gasteiger partial charge on any atom is 0.233 e. The maximum atomic E-state index is 11.9. The fourth-order valence-corrected chi connectivity index (χ4v) is 3.09. The van der Waals surface area contributed by atoms with E-state index in [0.29, 0.717) is 10.9 Å². The van der Waals surface area contributed by atoms with E-state index in [4.69, 9.17) is 5.73 Å². The number of piperazine rings is 1. The van der Waals surface area contributed by atoms with E-state index in [1.807, 2.05) is 4.90 Å². The predicted octanol–water partition coefficient (Wildman–Crippen LogP) is -0.0136. The zero-order valence-corrected chi connectivity index (χ0v) is 11.3. The molecule has 0 spiro atoms. The van der Waals surface area contributed by atoms with Crippen LogP contribution in [0.3, 0.4) is 0 Å². The van der Waals surface area contributed by atoms with Crippen LogP contribution in [0.1, 0.15) is 0 Å². The third kappa shape index (κ3) is 3.55. The Balaban J connectivity index is 1.77. The highest BCUT2D eigenvalue weighted by atomic mass is 32.2. The number of amides is 1. The van der Waals surface area contributed by atoms with Crippen LogP contribution in [0.5, 0.6) is 0 Å². The van der Waals surface area contributed by atoms with E-state index in [2.05, 4.69) is 22.1 Å². The fraction of sp³-hybridized carbons (Fsp3) is 0.667. The van der Waals surface area contributed by atoms with Crippen molar-refractivity contribution in [2.75, 3.05) is 44.7 Å². The summed E-state index contributed by atoms with van der Waals surface area (Å²) >= 11 is 2.72. The van der Waals surface area contributed by atoms with Crippen molar-refractivity contribution in [1.29, 1.82) is 0 Å². The van der Waals surface area contributed by atoms with Gasteiger partial charge in [-0.15, -0.1) is 10.2 Å². The topological polar surface area (TPSA) is 75.3 Å². The first-order chi connectivity index (χ1) is 8.15. The van der Waals surface area contributed by atoms with E-state index in [0.717, 1.165) is 30.5 Å². The number of rotatable bonds is 3. The molecule has 0 radical (unpaired) electrons. The molecule has 0 atom stereocenters. The lowest BCUT2D eigenvalue weighted by atomic mass is 10.3. The lowest BCUT2D eigenvalue weighted by Gasteiger charge is -2.32. The molecule has 1 aromatic heterocycles. The normalized spacial score (nSPS) is 17.4. The summed E-state index contributed by atoms with van der Waals surface area (Å²) in [7, 11) is 2.07. The van der Waals surface area contributed by atoms with Gasteiger partial charge in [0.2, 0.25) is 11.0 Å². The molecule has 94 valence electrons. The number of nitrogens with zero attached hydrogens (tertiary/aromatic N) is 4. The molecule has 1 amide bonds. The van der Waals surface area contributed by atoms with Gasteiger partial charge in [-0.1, -0.05) is 23.1 Å². The van der Waals surface area contributed by atoms with Gasteiger partial charge in [-0.2, -0.15) is 0 Å². The molecule has 1 aliphatic heterocycles. The van der Waals surface area contributed by atoms with Gasteiger partial charge in [0.05, 0.1) is 5.75 Å². The second-order valence-corrected chi connectivity index (χ2v) is 6.11.